The lowest BCUT2D eigenvalue weighted by atomic mass is 9.99. The van der Waals surface area contributed by atoms with Crippen molar-refractivity contribution in [3.8, 4) is 0 Å². The molecule has 1 N–H and O–H groups in total. The molecule has 3 heterocycles. The maximum atomic E-state index is 12.9. The van der Waals surface area contributed by atoms with E-state index in [0.717, 1.165) is 38.8 Å². The second-order valence-electron chi connectivity index (χ2n) is 7.59. The SMILES string of the molecule is CCCCNC(=O)c1sc2ncn(CC(=O)N3CCC(C)CC3)c(=O)c2c1C. The fraction of sp³-hybridized carbons (Fsp3) is 0.600. The predicted molar refractivity (Wildman–Crippen MR) is 111 cm³/mol. The average Bonchev–Trinajstić information content (AvgIpc) is 3.02. The van der Waals surface area contributed by atoms with E-state index in [1.54, 1.807) is 6.92 Å². The summed E-state index contributed by atoms with van der Waals surface area (Å²) in [7, 11) is 0. The minimum Gasteiger partial charge on any atom is -0.351 e. The van der Waals surface area contributed by atoms with Gasteiger partial charge in [0, 0.05) is 19.6 Å². The molecular weight excluding hydrogens is 376 g/mol. The van der Waals surface area contributed by atoms with Gasteiger partial charge in [-0.2, -0.15) is 0 Å². The molecule has 1 aliphatic rings. The number of aromatic nitrogens is 2. The average molecular weight is 405 g/mol. The van der Waals surface area contributed by atoms with Crippen LogP contribution >= 0.6 is 11.3 Å². The summed E-state index contributed by atoms with van der Waals surface area (Å²) >= 11 is 1.23. The first-order valence-electron chi connectivity index (χ1n) is 9.96. The second kappa shape index (κ2) is 8.86. The van der Waals surface area contributed by atoms with Gasteiger partial charge in [0.25, 0.3) is 11.5 Å². The molecule has 0 aromatic carbocycles. The molecule has 1 saturated heterocycles. The molecule has 7 nitrogen and oxygen atoms in total. The Morgan fingerprint density at radius 1 is 1.32 bits per heavy atom. The number of carbonyl (C=O) groups is 2. The van der Waals surface area contributed by atoms with Crippen LogP contribution in [0.25, 0.3) is 10.2 Å². The zero-order chi connectivity index (χ0) is 20.3. The second-order valence-corrected chi connectivity index (χ2v) is 8.59. The van der Waals surface area contributed by atoms with Gasteiger partial charge in [0.1, 0.15) is 11.4 Å². The van der Waals surface area contributed by atoms with Crippen LogP contribution in [0.1, 0.15) is 54.8 Å². The quantitative estimate of drug-likeness (QED) is 0.750. The number of fused-ring (bicyclic) bond motifs is 1. The van der Waals surface area contributed by atoms with Crippen LogP contribution in [0.4, 0.5) is 0 Å². The first-order chi connectivity index (χ1) is 13.4. The molecule has 0 spiro atoms. The Hall–Kier alpha value is -2.22. The van der Waals surface area contributed by atoms with Gasteiger partial charge < -0.3 is 10.2 Å². The van der Waals surface area contributed by atoms with Gasteiger partial charge in [-0.05, 0) is 37.7 Å². The zero-order valence-corrected chi connectivity index (χ0v) is 17.6. The first-order valence-corrected chi connectivity index (χ1v) is 10.8. The molecule has 2 amide bonds. The monoisotopic (exact) mass is 404 g/mol. The van der Waals surface area contributed by atoms with E-state index >= 15 is 0 Å². The molecule has 0 bridgehead atoms. The molecule has 28 heavy (non-hydrogen) atoms. The first kappa shape index (κ1) is 20.5. The van der Waals surface area contributed by atoms with Gasteiger partial charge in [-0.25, -0.2) is 4.98 Å². The zero-order valence-electron chi connectivity index (χ0n) is 16.8. The summed E-state index contributed by atoms with van der Waals surface area (Å²) in [5.74, 6) is 0.416. The van der Waals surface area contributed by atoms with E-state index in [4.69, 9.17) is 0 Å². The number of rotatable bonds is 6. The predicted octanol–water partition coefficient (Wildman–Crippen LogP) is 2.55. The topological polar surface area (TPSA) is 84.3 Å². The molecule has 0 atom stereocenters. The van der Waals surface area contributed by atoms with Crippen molar-refractivity contribution in [2.24, 2.45) is 5.92 Å². The van der Waals surface area contributed by atoms with Crippen LogP contribution in [-0.4, -0.2) is 45.9 Å². The van der Waals surface area contributed by atoms with E-state index in [1.807, 2.05) is 4.90 Å². The minimum atomic E-state index is -0.259. The van der Waals surface area contributed by atoms with Crippen molar-refractivity contribution >= 4 is 33.4 Å². The molecule has 8 heteroatoms. The maximum Gasteiger partial charge on any atom is 0.262 e. The minimum absolute atomic E-state index is 0.0104. The lowest BCUT2D eigenvalue weighted by Gasteiger charge is -2.30. The summed E-state index contributed by atoms with van der Waals surface area (Å²) in [5, 5.41) is 3.33. The van der Waals surface area contributed by atoms with E-state index in [2.05, 4.69) is 24.1 Å². The lowest BCUT2D eigenvalue weighted by molar-refractivity contribution is -0.133. The molecule has 1 aliphatic heterocycles. The van der Waals surface area contributed by atoms with Crippen LogP contribution in [0.15, 0.2) is 11.1 Å². The van der Waals surface area contributed by atoms with E-state index in [9.17, 15) is 14.4 Å². The largest absolute Gasteiger partial charge is 0.351 e. The Morgan fingerprint density at radius 3 is 2.71 bits per heavy atom. The summed E-state index contributed by atoms with van der Waals surface area (Å²) in [6.07, 6.45) is 5.33. The van der Waals surface area contributed by atoms with Gasteiger partial charge in [0.2, 0.25) is 5.91 Å². The number of piperidine rings is 1. The van der Waals surface area contributed by atoms with Crippen LogP contribution in [0.2, 0.25) is 0 Å². The van der Waals surface area contributed by atoms with E-state index < -0.39 is 0 Å². The lowest BCUT2D eigenvalue weighted by Crippen LogP contribution is -2.41. The van der Waals surface area contributed by atoms with Gasteiger partial charge in [0.05, 0.1) is 16.6 Å². The Kier molecular flexibility index (Phi) is 6.49. The third kappa shape index (κ3) is 4.27. The molecule has 152 valence electrons. The third-order valence-electron chi connectivity index (χ3n) is 5.38. The van der Waals surface area contributed by atoms with Crippen LogP contribution in [-0.2, 0) is 11.3 Å². The van der Waals surface area contributed by atoms with Crippen LogP contribution in [0, 0.1) is 12.8 Å². The molecule has 2 aromatic rings. The summed E-state index contributed by atoms with van der Waals surface area (Å²) in [6.45, 7) is 8.12. The Labute approximate surface area is 168 Å². The Balaban J connectivity index is 1.81. The smallest absolute Gasteiger partial charge is 0.262 e. The van der Waals surface area contributed by atoms with E-state index in [1.165, 1.54) is 22.2 Å². The van der Waals surface area contributed by atoms with E-state index in [-0.39, 0.29) is 23.9 Å². The number of hydrogen-bond acceptors (Lipinski definition) is 5. The molecule has 0 aliphatic carbocycles. The fourth-order valence-electron chi connectivity index (χ4n) is 3.45. The van der Waals surface area contributed by atoms with Crippen LogP contribution in [0.5, 0.6) is 0 Å². The molecule has 1 fully saturated rings. The van der Waals surface area contributed by atoms with Crippen molar-refractivity contribution in [2.45, 2.75) is 53.0 Å². The third-order valence-corrected chi connectivity index (χ3v) is 6.58. The van der Waals surface area contributed by atoms with Crippen molar-refractivity contribution in [2.75, 3.05) is 19.6 Å². The number of nitrogens with one attached hydrogen (secondary N) is 1. The molecular formula is C20H28N4O3S. The number of carbonyl (C=O) groups excluding carboxylic acids is 2. The van der Waals surface area contributed by atoms with Gasteiger partial charge in [-0.3, -0.25) is 19.0 Å². The highest BCUT2D eigenvalue weighted by atomic mass is 32.1. The fourth-order valence-corrected chi connectivity index (χ4v) is 4.51. The summed E-state index contributed by atoms with van der Waals surface area (Å²) < 4.78 is 1.36. The van der Waals surface area contributed by atoms with Crippen molar-refractivity contribution in [3.05, 3.63) is 27.1 Å². The molecule has 0 saturated carbocycles. The number of aryl methyl sites for hydroxylation is 1. The number of amides is 2. The summed E-state index contributed by atoms with van der Waals surface area (Å²) in [4.78, 5) is 45.2. The highest BCUT2D eigenvalue weighted by Gasteiger charge is 2.23. The van der Waals surface area contributed by atoms with Crippen molar-refractivity contribution < 1.29 is 9.59 Å². The van der Waals surface area contributed by atoms with Gasteiger partial charge in [0.15, 0.2) is 0 Å². The number of thiophene rings is 1. The van der Waals surface area contributed by atoms with Gasteiger partial charge >= 0.3 is 0 Å². The maximum absolute atomic E-state index is 12.9. The summed E-state index contributed by atoms with van der Waals surface area (Å²) in [5.41, 5.74) is 0.380. The molecule has 0 unspecified atom stereocenters. The molecule has 3 rings (SSSR count). The number of unbranched alkanes of at least 4 members (excludes halogenated alkanes) is 1. The normalized spacial score (nSPS) is 15.2. The van der Waals surface area contributed by atoms with Crippen molar-refractivity contribution in [1.29, 1.82) is 0 Å². The molecule has 2 aromatic heterocycles. The highest BCUT2D eigenvalue weighted by Crippen LogP contribution is 2.26. The number of nitrogens with zero attached hydrogens (tertiary/aromatic N) is 3. The number of hydrogen-bond donors (Lipinski definition) is 1. The Bertz CT molecular complexity index is 925. The van der Waals surface area contributed by atoms with Crippen LogP contribution < -0.4 is 10.9 Å². The molecule has 0 radical (unpaired) electrons. The summed E-state index contributed by atoms with van der Waals surface area (Å²) in [6, 6.07) is 0. The van der Waals surface area contributed by atoms with Crippen LogP contribution in [0.3, 0.4) is 0 Å². The standard InChI is InChI=1S/C20H28N4O3S/c1-4-5-8-21-18(26)17-14(3)16-19(28-17)22-12-24(20(16)27)11-15(25)23-9-6-13(2)7-10-23/h12-13H,4-11H2,1-3H3,(H,21,26). The highest BCUT2D eigenvalue weighted by molar-refractivity contribution is 7.20. The number of likely N-dealkylation sites (tertiary alicyclic amines) is 1. The van der Waals surface area contributed by atoms with Gasteiger partial charge in [-0.15, -0.1) is 11.3 Å². The van der Waals surface area contributed by atoms with Crippen molar-refractivity contribution in [3.63, 3.8) is 0 Å². The van der Waals surface area contributed by atoms with Crippen molar-refractivity contribution in [1.82, 2.24) is 19.8 Å². The van der Waals surface area contributed by atoms with E-state index in [0.29, 0.717) is 33.1 Å². The van der Waals surface area contributed by atoms with Gasteiger partial charge in [-0.1, -0.05) is 20.3 Å². The Morgan fingerprint density at radius 2 is 2.04 bits per heavy atom.